The molecule has 0 saturated heterocycles. The summed E-state index contributed by atoms with van der Waals surface area (Å²) in [6.45, 7) is 3.41. The van der Waals surface area contributed by atoms with Crippen molar-refractivity contribution < 1.29 is 9.84 Å². The maximum Gasteiger partial charge on any atom is 0.139 e. The lowest BCUT2D eigenvalue weighted by Gasteiger charge is -2.25. The number of para-hydroxylation sites is 1. The average Bonchev–Trinajstić information content (AvgIpc) is 3.15. The number of aromatic nitrogens is 1. The molecule has 1 heterocycles. The van der Waals surface area contributed by atoms with E-state index in [9.17, 15) is 5.11 Å². The van der Waals surface area contributed by atoms with Gasteiger partial charge in [-0.1, -0.05) is 60.7 Å². The number of hydrogen-bond donors (Lipinski definition) is 3. The Morgan fingerprint density at radius 3 is 2.44 bits per heavy atom. The molecule has 0 bridgehead atoms. The van der Waals surface area contributed by atoms with Crippen LogP contribution in [-0.4, -0.2) is 22.8 Å². The highest BCUT2D eigenvalue weighted by Crippen LogP contribution is 2.32. The van der Waals surface area contributed by atoms with Crippen LogP contribution in [0, 0.1) is 0 Å². The van der Waals surface area contributed by atoms with E-state index in [0.29, 0.717) is 18.8 Å². The van der Waals surface area contributed by atoms with E-state index < -0.39 is 5.72 Å². The number of benzene rings is 4. The largest absolute Gasteiger partial charge is 0.492 e. The van der Waals surface area contributed by atoms with Gasteiger partial charge in [0, 0.05) is 46.7 Å². The highest BCUT2D eigenvalue weighted by molar-refractivity contribution is 6.08. The summed E-state index contributed by atoms with van der Waals surface area (Å²) in [5, 5.41) is 16.4. The summed E-state index contributed by atoms with van der Waals surface area (Å²) in [7, 11) is 0. The molecular weight excluding hydrogens is 422 g/mol. The molecule has 4 N–H and O–H groups in total. The van der Waals surface area contributed by atoms with E-state index in [-0.39, 0.29) is 0 Å². The van der Waals surface area contributed by atoms with Crippen LogP contribution in [0.5, 0.6) is 5.75 Å². The molecular formula is C29H29N3O2. The molecule has 34 heavy (non-hydrogen) atoms. The normalized spacial score (nSPS) is 13.2. The molecule has 0 aliphatic rings. The fourth-order valence-corrected chi connectivity index (χ4v) is 4.46. The molecule has 1 unspecified atom stereocenters. The van der Waals surface area contributed by atoms with Crippen LogP contribution in [0.1, 0.15) is 18.1 Å². The highest BCUT2D eigenvalue weighted by atomic mass is 16.5. The van der Waals surface area contributed by atoms with Crippen molar-refractivity contribution in [3.8, 4) is 5.75 Å². The van der Waals surface area contributed by atoms with Crippen LogP contribution >= 0.6 is 0 Å². The second-order valence-electron chi connectivity index (χ2n) is 8.74. The number of nitrogens with two attached hydrogens (primary N) is 1. The topological polar surface area (TPSA) is 72.4 Å². The van der Waals surface area contributed by atoms with E-state index in [2.05, 4.69) is 70.5 Å². The summed E-state index contributed by atoms with van der Waals surface area (Å²) >= 11 is 0. The average molecular weight is 452 g/mol. The van der Waals surface area contributed by atoms with Gasteiger partial charge in [-0.2, -0.15) is 0 Å². The minimum atomic E-state index is -1.19. The molecule has 0 saturated carbocycles. The molecule has 5 heteroatoms. The van der Waals surface area contributed by atoms with E-state index >= 15 is 0 Å². The zero-order valence-corrected chi connectivity index (χ0v) is 19.2. The number of rotatable bonds is 8. The van der Waals surface area contributed by atoms with Crippen molar-refractivity contribution in [3.63, 3.8) is 0 Å². The Hall–Kier alpha value is -3.80. The van der Waals surface area contributed by atoms with E-state index in [0.717, 1.165) is 23.4 Å². The van der Waals surface area contributed by atoms with E-state index in [4.69, 9.17) is 10.5 Å². The first kappa shape index (κ1) is 22.0. The second-order valence-corrected chi connectivity index (χ2v) is 8.74. The van der Waals surface area contributed by atoms with Gasteiger partial charge in [-0.05, 0) is 42.8 Å². The lowest BCUT2D eigenvalue weighted by Crippen LogP contribution is -2.41. The third-order valence-corrected chi connectivity index (χ3v) is 6.22. The van der Waals surface area contributed by atoms with Crippen LogP contribution < -0.4 is 15.8 Å². The van der Waals surface area contributed by atoms with Crippen molar-refractivity contribution in [1.82, 2.24) is 9.88 Å². The first-order chi connectivity index (χ1) is 16.5. The molecule has 0 fully saturated rings. The second kappa shape index (κ2) is 9.21. The zero-order chi connectivity index (χ0) is 23.5. The van der Waals surface area contributed by atoms with Gasteiger partial charge in [0.2, 0.25) is 0 Å². The molecule has 4 aromatic carbocycles. The number of nitrogens with one attached hydrogen (secondary N) is 1. The summed E-state index contributed by atoms with van der Waals surface area (Å²) in [4.78, 5) is 0. The summed E-state index contributed by atoms with van der Waals surface area (Å²) < 4.78 is 8.40. The molecule has 5 nitrogen and oxygen atoms in total. The van der Waals surface area contributed by atoms with Crippen molar-refractivity contribution in [2.75, 3.05) is 18.9 Å². The molecule has 5 aromatic rings. The van der Waals surface area contributed by atoms with Gasteiger partial charge in [0.1, 0.15) is 18.1 Å². The summed E-state index contributed by atoms with van der Waals surface area (Å²) in [5.41, 5.74) is 9.61. The molecule has 1 atom stereocenters. The van der Waals surface area contributed by atoms with Crippen molar-refractivity contribution in [1.29, 1.82) is 0 Å². The van der Waals surface area contributed by atoms with Crippen molar-refractivity contribution >= 4 is 27.5 Å². The highest BCUT2D eigenvalue weighted by Gasteiger charge is 2.22. The smallest absolute Gasteiger partial charge is 0.139 e. The van der Waals surface area contributed by atoms with Gasteiger partial charge in [0.15, 0.2) is 0 Å². The van der Waals surface area contributed by atoms with Gasteiger partial charge in [0.05, 0.1) is 5.52 Å². The first-order valence-corrected chi connectivity index (χ1v) is 11.5. The van der Waals surface area contributed by atoms with Gasteiger partial charge < -0.3 is 20.1 Å². The third kappa shape index (κ3) is 4.49. The van der Waals surface area contributed by atoms with Crippen LogP contribution in [0.25, 0.3) is 21.8 Å². The molecule has 0 aliphatic carbocycles. The van der Waals surface area contributed by atoms with Crippen LogP contribution in [0.4, 0.5) is 5.69 Å². The van der Waals surface area contributed by atoms with Gasteiger partial charge in [-0.3, -0.25) is 5.32 Å². The summed E-state index contributed by atoms with van der Waals surface area (Å²) in [6.07, 6.45) is 0. The fourth-order valence-electron chi connectivity index (χ4n) is 4.46. The lowest BCUT2D eigenvalue weighted by atomic mass is 10.0. The van der Waals surface area contributed by atoms with Crippen LogP contribution in [0.15, 0.2) is 97.1 Å². The SMILES string of the molecule is CC(O)(NCCOc1ccc2c3ccccc3n(Cc3ccccc3)c2c1)c1cccc(N)c1. The monoisotopic (exact) mass is 451 g/mol. The predicted octanol–water partition coefficient (Wildman–Crippen LogP) is 5.26. The Morgan fingerprint density at radius 2 is 1.62 bits per heavy atom. The minimum absolute atomic E-state index is 0.420. The quantitative estimate of drug-likeness (QED) is 0.171. The Labute approximate surface area is 199 Å². The number of hydrogen-bond acceptors (Lipinski definition) is 4. The molecule has 172 valence electrons. The molecule has 0 amide bonds. The number of nitrogen functional groups attached to an aromatic ring is 1. The molecule has 1 aromatic heterocycles. The standard InChI is InChI=1S/C29H29N3O2/c1-29(33,22-10-7-11-23(30)18-22)31-16-17-34-24-14-15-26-25-12-5-6-13-27(25)32(28(26)19-24)20-21-8-3-2-4-9-21/h2-15,18-19,31,33H,16-17,20,30H2,1H3. The maximum atomic E-state index is 10.8. The lowest BCUT2D eigenvalue weighted by molar-refractivity contribution is 0.0170. The fraction of sp³-hybridized carbons (Fsp3) is 0.172. The Bertz CT molecular complexity index is 1420. The van der Waals surface area contributed by atoms with Gasteiger partial charge in [-0.15, -0.1) is 0 Å². The minimum Gasteiger partial charge on any atom is -0.492 e. The molecule has 0 radical (unpaired) electrons. The van der Waals surface area contributed by atoms with Crippen molar-refractivity contribution in [3.05, 3.63) is 108 Å². The Balaban J connectivity index is 1.34. The zero-order valence-electron chi connectivity index (χ0n) is 19.2. The van der Waals surface area contributed by atoms with Gasteiger partial charge >= 0.3 is 0 Å². The third-order valence-electron chi connectivity index (χ3n) is 6.22. The van der Waals surface area contributed by atoms with Gasteiger partial charge in [0.25, 0.3) is 0 Å². The van der Waals surface area contributed by atoms with Crippen molar-refractivity contribution in [2.24, 2.45) is 0 Å². The van der Waals surface area contributed by atoms with Crippen LogP contribution in [-0.2, 0) is 12.3 Å². The Morgan fingerprint density at radius 1 is 0.853 bits per heavy atom. The predicted molar refractivity (Wildman–Crippen MR) is 139 cm³/mol. The van der Waals surface area contributed by atoms with E-state index in [1.54, 1.807) is 19.1 Å². The van der Waals surface area contributed by atoms with Gasteiger partial charge in [-0.25, -0.2) is 0 Å². The van der Waals surface area contributed by atoms with Crippen LogP contribution in [0.2, 0.25) is 0 Å². The molecule has 0 aliphatic heterocycles. The van der Waals surface area contributed by atoms with Crippen molar-refractivity contribution in [2.45, 2.75) is 19.2 Å². The van der Waals surface area contributed by atoms with E-state index in [1.807, 2.05) is 24.3 Å². The summed E-state index contributed by atoms with van der Waals surface area (Å²) in [6, 6.07) is 32.5. The number of aliphatic hydroxyl groups is 1. The number of fused-ring (bicyclic) bond motifs is 3. The number of nitrogens with zero attached hydrogens (tertiary/aromatic N) is 1. The summed E-state index contributed by atoms with van der Waals surface area (Å²) in [5.74, 6) is 0.801. The van der Waals surface area contributed by atoms with Crippen LogP contribution in [0.3, 0.4) is 0 Å². The first-order valence-electron chi connectivity index (χ1n) is 11.5. The number of anilines is 1. The molecule has 0 spiro atoms. The maximum absolute atomic E-state index is 10.8. The van der Waals surface area contributed by atoms with E-state index in [1.165, 1.54) is 21.9 Å². The number of ether oxygens (including phenoxy) is 1. The molecule has 5 rings (SSSR count). The Kier molecular flexibility index (Phi) is 5.97.